The van der Waals surface area contributed by atoms with E-state index in [4.69, 9.17) is 23.1 Å². The number of carbonyl (C=O) groups is 1. The zero-order valence-electron chi connectivity index (χ0n) is 7.41. The Morgan fingerprint density at radius 2 is 2.00 bits per heavy atom. The minimum Gasteiger partial charge on any atom is -0.370 e. The van der Waals surface area contributed by atoms with Gasteiger partial charge in [0.05, 0.1) is 5.02 Å². The zero-order valence-corrected chi connectivity index (χ0v) is 8.98. The van der Waals surface area contributed by atoms with Crippen LogP contribution in [0.4, 0.5) is 4.39 Å². The molecule has 7 heteroatoms. The number of nitrogens with two attached hydrogens (primary N) is 2. The van der Waals surface area contributed by atoms with E-state index in [9.17, 15) is 9.18 Å². The Balaban J connectivity index is 0.00000196. The minimum atomic E-state index is -0.660. The Hall–Kier alpha value is -1.33. The van der Waals surface area contributed by atoms with Crippen LogP contribution in [0.3, 0.4) is 0 Å². The topological polar surface area (TPSA) is 81.5 Å². The van der Waals surface area contributed by atoms with Gasteiger partial charge in [-0.1, -0.05) is 11.6 Å². The lowest BCUT2D eigenvalue weighted by atomic mass is 10.2. The Morgan fingerprint density at radius 1 is 1.40 bits per heavy atom. The van der Waals surface area contributed by atoms with Crippen LogP contribution < -0.4 is 11.5 Å². The second-order valence-electron chi connectivity index (χ2n) is 2.47. The SMILES string of the molecule is Cl.NC(N)=NC(=O)c1ccc(F)c(Cl)c1. The number of amides is 1. The Bertz CT molecular complexity index is 405. The molecule has 0 bridgehead atoms. The fourth-order valence-corrected chi connectivity index (χ4v) is 0.992. The first-order valence-electron chi connectivity index (χ1n) is 3.59. The molecule has 4 nitrogen and oxygen atoms in total. The van der Waals surface area contributed by atoms with Gasteiger partial charge in [0.2, 0.25) is 0 Å². The van der Waals surface area contributed by atoms with Gasteiger partial charge in [0.25, 0.3) is 5.91 Å². The van der Waals surface area contributed by atoms with Gasteiger partial charge in [-0.05, 0) is 18.2 Å². The zero-order chi connectivity index (χ0) is 10.7. The Labute approximate surface area is 96.5 Å². The number of benzene rings is 1. The first-order valence-corrected chi connectivity index (χ1v) is 3.97. The highest BCUT2D eigenvalue weighted by Gasteiger charge is 2.07. The van der Waals surface area contributed by atoms with E-state index in [2.05, 4.69) is 4.99 Å². The van der Waals surface area contributed by atoms with E-state index >= 15 is 0 Å². The van der Waals surface area contributed by atoms with E-state index in [0.29, 0.717) is 0 Å². The molecule has 1 aromatic rings. The molecular formula is C8H8Cl2FN3O. The fourth-order valence-electron chi connectivity index (χ4n) is 0.811. The molecule has 0 heterocycles. The molecule has 0 atom stereocenters. The van der Waals surface area contributed by atoms with Crippen molar-refractivity contribution in [1.82, 2.24) is 0 Å². The summed E-state index contributed by atoms with van der Waals surface area (Å²) >= 11 is 5.46. The van der Waals surface area contributed by atoms with Crippen molar-refractivity contribution in [1.29, 1.82) is 0 Å². The summed E-state index contributed by atoms with van der Waals surface area (Å²) in [6.45, 7) is 0. The van der Waals surface area contributed by atoms with Crippen molar-refractivity contribution in [3.63, 3.8) is 0 Å². The standard InChI is InChI=1S/C8H7ClFN3O.ClH/c9-5-3-4(1-2-6(5)10)7(14)13-8(11)12;/h1-3H,(H4,11,12,13,14);1H. The van der Waals surface area contributed by atoms with Crippen LogP contribution in [0.15, 0.2) is 23.2 Å². The number of hydrogen-bond donors (Lipinski definition) is 2. The van der Waals surface area contributed by atoms with Gasteiger partial charge in [0.15, 0.2) is 5.96 Å². The van der Waals surface area contributed by atoms with Crippen molar-refractivity contribution in [2.45, 2.75) is 0 Å². The van der Waals surface area contributed by atoms with Gasteiger partial charge >= 0.3 is 0 Å². The molecule has 0 aliphatic heterocycles. The molecule has 1 rings (SSSR count). The maximum Gasteiger partial charge on any atom is 0.280 e. The van der Waals surface area contributed by atoms with Gasteiger partial charge in [-0.2, -0.15) is 4.99 Å². The van der Waals surface area contributed by atoms with E-state index < -0.39 is 11.7 Å². The molecule has 0 spiro atoms. The molecule has 0 aliphatic rings. The quantitative estimate of drug-likeness (QED) is 0.584. The van der Waals surface area contributed by atoms with Gasteiger partial charge in [-0.15, -0.1) is 12.4 Å². The maximum absolute atomic E-state index is 12.7. The predicted molar refractivity (Wildman–Crippen MR) is 58.8 cm³/mol. The molecule has 0 saturated heterocycles. The average molecular weight is 252 g/mol. The molecule has 0 aromatic heterocycles. The van der Waals surface area contributed by atoms with Crippen molar-refractivity contribution in [3.8, 4) is 0 Å². The summed E-state index contributed by atoms with van der Waals surface area (Å²) < 4.78 is 12.7. The number of guanidine groups is 1. The van der Waals surface area contributed by atoms with Crippen LogP contribution in [0.25, 0.3) is 0 Å². The summed E-state index contributed by atoms with van der Waals surface area (Å²) in [6, 6.07) is 3.47. The lowest BCUT2D eigenvalue weighted by Gasteiger charge is -1.97. The third-order valence-electron chi connectivity index (χ3n) is 1.40. The van der Waals surface area contributed by atoms with Crippen LogP contribution in [0.1, 0.15) is 10.4 Å². The van der Waals surface area contributed by atoms with Crippen LogP contribution in [-0.4, -0.2) is 11.9 Å². The van der Waals surface area contributed by atoms with E-state index in [1.165, 1.54) is 6.07 Å². The molecule has 0 unspecified atom stereocenters. The van der Waals surface area contributed by atoms with Crippen molar-refractivity contribution in [2.24, 2.45) is 16.5 Å². The number of aliphatic imine (C=N–C) groups is 1. The lowest BCUT2D eigenvalue weighted by molar-refractivity contribution is 0.100. The first-order chi connectivity index (χ1) is 6.50. The second-order valence-corrected chi connectivity index (χ2v) is 2.88. The number of carbonyl (C=O) groups excluding carboxylic acids is 1. The number of nitrogens with zero attached hydrogens (tertiary/aromatic N) is 1. The maximum atomic E-state index is 12.7. The van der Waals surface area contributed by atoms with Gasteiger partial charge in [0, 0.05) is 5.56 Å². The number of halogens is 3. The summed E-state index contributed by atoms with van der Waals surface area (Å²) in [5.41, 5.74) is 10.1. The second kappa shape index (κ2) is 5.53. The highest BCUT2D eigenvalue weighted by Crippen LogP contribution is 2.16. The number of hydrogen-bond acceptors (Lipinski definition) is 1. The van der Waals surface area contributed by atoms with Crippen molar-refractivity contribution in [2.75, 3.05) is 0 Å². The van der Waals surface area contributed by atoms with Crippen LogP contribution in [0, 0.1) is 5.82 Å². The van der Waals surface area contributed by atoms with E-state index in [0.717, 1.165) is 12.1 Å². The molecular weight excluding hydrogens is 244 g/mol. The van der Waals surface area contributed by atoms with Gasteiger partial charge < -0.3 is 11.5 Å². The lowest BCUT2D eigenvalue weighted by Crippen LogP contribution is -2.24. The van der Waals surface area contributed by atoms with Gasteiger partial charge in [-0.25, -0.2) is 4.39 Å². The monoisotopic (exact) mass is 251 g/mol. The van der Waals surface area contributed by atoms with E-state index in [1.54, 1.807) is 0 Å². The minimum absolute atomic E-state index is 0. The average Bonchev–Trinajstić information content (AvgIpc) is 2.08. The van der Waals surface area contributed by atoms with E-state index in [-0.39, 0.29) is 29.0 Å². The normalized spacial score (nSPS) is 8.93. The fraction of sp³-hybridized carbons (Fsp3) is 0. The highest BCUT2D eigenvalue weighted by molar-refractivity contribution is 6.31. The molecule has 1 aromatic carbocycles. The third kappa shape index (κ3) is 3.73. The molecule has 0 aliphatic carbocycles. The van der Waals surface area contributed by atoms with E-state index in [1.807, 2.05) is 0 Å². The molecule has 0 saturated carbocycles. The molecule has 0 fully saturated rings. The molecule has 15 heavy (non-hydrogen) atoms. The van der Waals surface area contributed by atoms with Gasteiger partial charge in [-0.3, -0.25) is 4.79 Å². The highest BCUT2D eigenvalue weighted by atomic mass is 35.5. The van der Waals surface area contributed by atoms with Crippen LogP contribution in [0.5, 0.6) is 0 Å². The smallest absolute Gasteiger partial charge is 0.280 e. The third-order valence-corrected chi connectivity index (χ3v) is 1.69. The van der Waals surface area contributed by atoms with Crippen LogP contribution in [-0.2, 0) is 0 Å². The largest absolute Gasteiger partial charge is 0.370 e. The Morgan fingerprint density at radius 3 is 2.47 bits per heavy atom. The first kappa shape index (κ1) is 13.7. The summed E-state index contributed by atoms with van der Waals surface area (Å²) in [5, 5.41) is -0.151. The van der Waals surface area contributed by atoms with Crippen molar-refractivity contribution >= 4 is 35.9 Å². The number of rotatable bonds is 1. The van der Waals surface area contributed by atoms with Crippen molar-refractivity contribution in [3.05, 3.63) is 34.6 Å². The molecule has 4 N–H and O–H groups in total. The van der Waals surface area contributed by atoms with Crippen LogP contribution >= 0.6 is 24.0 Å². The summed E-state index contributed by atoms with van der Waals surface area (Å²) in [7, 11) is 0. The molecule has 1 amide bonds. The molecule has 0 radical (unpaired) electrons. The molecule has 82 valence electrons. The van der Waals surface area contributed by atoms with Crippen molar-refractivity contribution < 1.29 is 9.18 Å². The summed E-state index contributed by atoms with van der Waals surface area (Å²) in [4.78, 5) is 14.5. The van der Waals surface area contributed by atoms with Gasteiger partial charge in [0.1, 0.15) is 5.82 Å². The summed E-state index contributed by atoms with van der Waals surface area (Å²) in [6.07, 6.45) is 0. The van der Waals surface area contributed by atoms with Crippen LogP contribution in [0.2, 0.25) is 5.02 Å². The Kier molecular flexibility index (Phi) is 5.04. The predicted octanol–water partition coefficient (Wildman–Crippen LogP) is 1.31. The summed E-state index contributed by atoms with van der Waals surface area (Å²) in [5.74, 6) is -1.62.